The highest BCUT2D eigenvalue weighted by molar-refractivity contribution is 5.94. The zero-order chi connectivity index (χ0) is 22.5. The Kier molecular flexibility index (Phi) is 6.74. The van der Waals surface area contributed by atoms with Crippen molar-refractivity contribution in [1.29, 1.82) is 0 Å². The first-order chi connectivity index (χ1) is 14.8. The quantitative estimate of drug-likeness (QED) is 0.519. The summed E-state index contributed by atoms with van der Waals surface area (Å²) < 4.78 is 10.8. The molecule has 9 heteroatoms. The van der Waals surface area contributed by atoms with Gasteiger partial charge < -0.3 is 19.3 Å². The van der Waals surface area contributed by atoms with Gasteiger partial charge in [0.2, 0.25) is 0 Å². The van der Waals surface area contributed by atoms with Gasteiger partial charge in [0.05, 0.1) is 24.2 Å². The number of nitro groups is 1. The number of ether oxygens (including phenoxy) is 2. The fraction of sp³-hybridized carbons (Fsp3) is 0.364. The number of carbonyl (C=O) groups excluding carboxylic acids is 2. The third kappa shape index (κ3) is 5.11. The van der Waals surface area contributed by atoms with E-state index in [1.54, 1.807) is 28.9 Å². The van der Waals surface area contributed by atoms with Crippen LogP contribution in [0.5, 0.6) is 11.5 Å². The second kappa shape index (κ2) is 9.46. The predicted molar refractivity (Wildman–Crippen MR) is 113 cm³/mol. The van der Waals surface area contributed by atoms with E-state index in [2.05, 4.69) is 0 Å². The van der Waals surface area contributed by atoms with Crippen LogP contribution < -0.4 is 9.47 Å². The molecule has 0 bridgehead atoms. The molecule has 164 valence electrons. The standard InChI is InChI=1S/C22H25N3O6/c1-15-14-23(22(27)17-7-5-4-6-8-17)9-10-24(15)21(26)16(2)31-20-12-18(25(28)29)11-19(13-20)30-3/h4-8,11-13,15-16H,9-10,14H2,1-3H3. The van der Waals surface area contributed by atoms with Gasteiger partial charge in [0.1, 0.15) is 11.5 Å². The van der Waals surface area contributed by atoms with Gasteiger partial charge >= 0.3 is 0 Å². The number of nitrogens with zero attached hydrogens (tertiary/aromatic N) is 3. The van der Waals surface area contributed by atoms with Gasteiger partial charge in [-0.1, -0.05) is 18.2 Å². The Morgan fingerprint density at radius 1 is 1.13 bits per heavy atom. The third-order valence-electron chi connectivity index (χ3n) is 5.19. The first-order valence-corrected chi connectivity index (χ1v) is 9.95. The number of methoxy groups -OCH3 is 1. The lowest BCUT2D eigenvalue weighted by molar-refractivity contribution is -0.385. The Bertz CT molecular complexity index is 965. The molecular formula is C22H25N3O6. The molecule has 9 nitrogen and oxygen atoms in total. The van der Waals surface area contributed by atoms with Crippen LogP contribution in [-0.2, 0) is 4.79 Å². The number of rotatable bonds is 6. The van der Waals surface area contributed by atoms with Crippen molar-refractivity contribution in [2.45, 2.75) is 26.0 Å². The number of benzene rings is 2. The lowest BCUT2D eigenvalue weighted by Crippen LogP contribution is -2.57. The van der Waals surface area contributed by atoms with Crippen molar-refractivity contribution >= 4 is 17.5 Å². The Morgan fingerprint density at radius 2 is 1.81 bits per heavy atom. The second-order valence-corrected chi connectivity index (χ2v) is 7.38. The van der Waals surface area contributed by atoms with Crippen LogP contribution in [0.4, 0.5) is 5.69 Å². The maximum atomic E-state index is 13.0. The maximum absolute atomic E-state index is 13.0. The van der Waals surface area contributed by atoms with Crippen molar-refractivity contribution in [3.05, 3.63) is 64.2 Å². The van der Waals surface area contributed by atoms with Gasteiger partial charge in [-0.25, -0.2) is 0 Å². The number of hydrogen-bond donors (Lipinski definition) is 0. The van der Waals surface area contributed by atoms with E-state index in [0.717, 1.165) is 0 Å². The lowest BCUT2D eigenvalue weighted by Gasteiger charge is -2.40. The maximum Gasteiger partial charge on any atom is 0.276 e. The number of non-ortho nitro benzene ring substituents is 1. The van der Waals surface area contributed by atoms with Crippen LogP contribution in [0.15, 0.2) is 48.5 Å². The molecule has 0 aliphatic carbocycles. The SMILES string of the molecule is COc1cc(OC(C)C(=O)N2CCN(C(=O)c3ccccc3)CC2C)cc([N+](=O)[O-])c1. The molecule has 1 saturated heterocycles. The van der Waals surface area contributed by atoms with Crippen molar-refractivity contribution in [2.75, 3.05) is 26.7 Å². The van der Waals surface area contributed by atoms with Gasteiger partial charge in [0, 0.05) is 37.3 Å². The van der Waals surface area contributed by atoms with Crippen molar-refractivity contribution in [3.63, 3.8) is 0 Å². The third-order valence-corrected chi connectivity index (χ3v) is 5.19. The Balaban J connectivity index is 1.65. The molecular weight excluding hydrogens is 402 g/mol. The molecule has 0 N–H and O–H groups in total. The minimum absolute atomic E-state index is 0.0625. The first kappa shape index (κ1) is 22.1. The summed E-state index contributed by atoms with van der Waals surface area (Å²) >= 11 is 0. The highest BCUT2D eigenvalue weighted by Gasteiger charge is 2.33. The van der Waals surface area contributed by atoms with Crippen LogP contribution in [-0.4, -0.2) is 65.4 Å². The molecule has 3 rings (SSSR count). The number of hydrogen-bond acceptors (Lipinski definition) is 6. The molecule has 2 unspecified atom stereocenters. The molecule has 1 fully saturated rings. The molecule has 2 atom stereocenters. The van der Waals surface area contributed by atoms with Crippen LogP contribution >= 0.6 is 0 Å². The van der Waals surface area contributed by atoms with E-state index in [-0.39, 0.29) is 35.0 Å². The number of piperazine rings is 1. The van der Waals surface area contributed by atoms with Crippen LogP contribution in [0.3, 0.4) is 0 Å². The normalized spacial score (nSPS) is 17.1. The van der Waals surface area contributed by atoms with Crippen molar-refractivity contribution in [1.82, 2.24) is 9.80 Å². The van der Waals surface area contributed by atoms with Gasteiger partial charge in [-0.15, -0.1) is 0 Å². The minimum Gasteiger partial charge on any atom is -0.496 e. The van der Waals surface area contributed by atoms with Gasteiger partial charge in [-0.05, 0) is 26.0 Å². The van der Waals surface area contributed by atoms with Crippen LogP contribution in [0, 0.1) is 10.1 Å². The molecule has 2 aromatic carbocycles. The average Bonchev–Trinajstić information content (AvgIpc) is 2.78. The smallest absolute Gasteiger partial charge is 0.276 e. The molecule has 2 aromatic rings. The van der Waals surface area contributed by atoms with E-state index in [1.165, 1.54) is 25.3 Å². The first-order valence-electron chi connectivity index (χ1n) is 9.95. The van der Waals surface area contributed by atoms with E-state index in [9.17, 15) is 19.7 Å². The van der Waals surface area contributed by atoms with Crippen LogP contribution in [0.2, 0.25) is 0 Å². The van der Waals surface area contributed by atoms with Crippen LogP contribution in [0.1, 0.15) is 24.2 Å². The van der Waals surface area contributed by atoms with E-state index < -0.39 is 11.0 Å². The summed E-state index contributed by atoms with van der Waals surface area (Å²) in [5, 5.41) is 11.1. The van der Waals surface area contributed by atoms with E-state index >= 15 is 0 Å². The van der Waals surface area contributed by atoms with E-state index in [4.69, 9.17) is 9.47 Å². The molecule has 0 aromatic heterocycles. The molecule has 1 heterocycles. The Hall–Kier alpha value is -3.62. The fourth-order valence-corrected chi connectivity index (χ4v) is 3.57. The lowest BCUT2D eigenvalue weighted by atomic mass is 10.1. The summed E-state index contributed by atoms with van der Waals surface area (Å²) in [6.07, 6.45) is -0.856. The van der Waals surface area contributed by atoms with Gasteiger partial charge in [0.15, 0.2) is 6.10 Å². The molecule has 1 aliphatic heterocycles. The van der Waals surface area contributed by atoms with Gasteiger partial charge in [-0.3, -0.25) is 19.7 Å². The fourth-order valence-electron chi connectivity index (χ4n) is 3.57. The zero-order valence-electron chi connectivity index (χ0n) is 17.7. The summed E-state index contributed by atoms with van der Waals surface area (Å²) in [5.41, 5.74) is 0.432. The Labute approximate surface area is 180 Å². The van der Waals surface area contributed by atoms with Crippen molar-refractivity contribution in [2.24, 2.45) is 0 Å². The summed E-state index contributed by atoms with van der Waals surface area (Å²) in [6.45, 7) is 4.69. The van der Waals surface area contributed by atoms with E-state index in [0.29, 0.717) is 25.2 Å². The largest absolute Gasteiger partial charge is 0.496 e. The molecule has 0 saturated carbocycles. The molecule has 31 heavy (non-hydrogen) atoms. The molecule has 1 aliphatic rings. The number of nitro benzene ring substituents is 1. The van der Waals surface area contributed by atoms with Crippen LogP contribution in [0.25, 0.3) is 0 Å². The zero-order valence-corrected chi connectivity index (χ0v) is 17.7. The Morgan fingerprint density at radius 3 is 2.42 bits per heavy atom. The molecule has 2 amide bonds. The topological polar surface area (TPSA) is 102 Å². The highest BCUT2D eigenvalue weighted by atomic mass is 16.6. The van der Waals surface area contributed by atoms with Gasteiger partial charge in [-0.2, -0.15) is 0 Å². The predicted octanol–water partition coefficient (Wildman–Crippen LogP) is 2.74. The monoisotopic (exact) mass is 427 g/mol. The summed E-state index contributed by atoms with van der Waals surface area (Å²) in [6, 6.07) is 12.9. The minimum atomic E-state index is -0.856. The summed E-state index contributed by atoms with van der Waals surface area (Å²) in [5.74, 6) is 0.139. The van der Waals surface area contributed by atoms with Crippen molar-refractivity contribution in [3.8, 4) is 11.5 Å². The average molecular weight is 427 g/mol. The number of amides is 2. The second-order valence-electron chi connectivity index (χ2n) is 7.38. The number of carbonyl (C=O) groups is 2. The summed E-state index contributed by atoms with van der Waals surface area (Å²) in [7, 11) is 1.40. The molecule has 0 spiro atoms. The highest BCUT2D eigenvalue weighted by Crippen LogP contribution is 2.28. The van der Waals surface area contributed by atoms with Crippen molar-refractivity contribution < 1.29 is 24.0 Å². The summed E-state index contributed by atoms with van der Waals surface area (Å²) in [4.78, 5) is 39.6. The van der Waals surface area contributed by atoms with Gasteiger partial charge in [0.25, 0.3) is 17.5 Å². The van der Waals surface area contributed by atoms with E-state index in [1.807, 2.05) is 25.1 Å². The molecule has 0 radical (unpaired) electrons.